The molecule has 0 fully saturated rings. The molecule has 0 aliphatic carbocycles. The fourth-order valence-electron chi connectivity index (χ4n) is 2.46. The molecule has 2 rings (SSSR count). The van der Waals surface area contributed by atoms with E-state index in [1.165, 1.54) is 11.1 Å². The van der Waals surface area contributed by atoms with Crippen LogP contribution >= 0.6 is 0 Å². The Labute approximate surface area is 121 Å². The highest BCUT2D eigenvalue weighted by atomic mass is 16.3. The van der Waals surface area contributed by atoms with E-state index in [1.807, 2.05) is 18.2 Å². The van der Waals surface area contributed by atoms with Crippen LogP contribution < -0.4 is 5.32 Å². The van der Waals surface area contributed by atoms with Crippen LogP contribution in [0.15, 0.2) is 48.5 Å². The first-order chi connectivity index (χ1) is 9.61. The van der Waals surface area contributed by atoms with E-state index in [1.54, 1.807) is 6.07 Å². The molecule has 0 heterocycles. The molecule has 2 unspecified atom stereocenters. The van der Waals surface area contributed by atoms with Crippen molar-refractivity contribution in [3.05, 3.63) is 65.2 Å². The van der Waals surface area contributed by atoms with Crippen molar-refractivity contribution in [2.75, 3.05) is 0 Å². The second-order valence-corrected chi connectivity index (χ2v) is 5.32. The molecule has 0 spiro atoms. The van der Waals surface area contributed by atoms with Gasteiger partial charge in [-0.2, -0.15) is 0 Å². The van der Waals surface area contributed by atoms with Gasteiger partial charge in [0, 0.05) is 17.6 Å². The van der Waals surface area contributed by atoms with Gasteiger partial charge in [0.1, 0.15) is 5.75 Å². The van der Waals surface area contributed by atoms with Crippen molar-refractivity contribution in [3.63, 3.8) is 0 Å². The van der Waals surface area contributed by atoms with E-state index in [4.69, 9.17) is 0 Å². The molecule has 2 aromatic carbocycles. The Bertz CT molecular complexity index is 548. The van der Waals surface area contributed by atoms with Gasteiger partial charge >= 0.3 is 0 Å². The number of hydrogen-bond acceptors (Lipinski definition) is 2. The second-order valence-electron chi connectivity index (χ2n) is 5.32. The van der Waals surface area contributed by atoms with Crippen LogP contribution in [-0.2, 0) is 0 Å². The summed E-state index contributed by atoms with van der Waals surface area (Å²) in [5.74, 6) is 0.364. The predicted molar refractivity (Wildman–Crippen MR) is 83.9 cm³/mol. The zero-order valence-corrected chi connectivity index (χ0v) is 12.4. The van der Waals surface area contributed by atoms with Gasteiger partial charge < -0.3 is 10.4 Å². The van der Waals surface area contributed by atoms with Gasteiger partial charge in [0.15, 0.2) is 0 Å². The average molecular weight is 269 g/mol. The lowest BCUT2D eigenvalue weighted by Crippen LogP contribution is -2.24. The highest BCUT2D eigenvalue weighted by molar-refractivity contribution is 5.35. The minimum atomic E-state index is 0.160. The average Bonchev–Trinajstić information content (AvgIpc) is 2.46. The second kappa shape index (κ2) is 6.58. The van der Waals surface area contributed by atoms with Crippen molar-refractivity contribution in [1.29, 1.82) is 0 Å². The Kier molecular flexibility index (Phi) is 4.80. The van der Waals surface area contributed by atoms with Crippen LogP contribution in [0, 0.1) is 6.92 Å². The largest absolute Gasteiger partial charge is 0.508 e. The zero-order valence-electron chi connectivity index (χ0n) is 12.4. The van der Waals surface area contributed by atoms with Crippen LogP contribution in [0.1, 0.15) is 49.0 Å². The predicted octanol–water partition coefficient (Wildman–Crippen LogP) is 4.50. The lowest BCUT2D eigenvalue weighted by atomic mass is 10.00. The standard InChI is InChI=1S/C18H23NO/c1-4-17(16-7-5-6-8-18(16)20)19-14(3)15-11-9-13(2)10-12-15/h5-12,14,17,19-20H,4H2,1-3H3. The van der Waals surface area contributed by atoms with Gasteiger partial charge in [-0.3, -0.25) is 0 Å². The number of phenols is 1. The monoisotopic (exact) mass is 269 g/mol. The van der Waals surface area contributed by atoms with Gasteiger partial charge in [-0.1, -0.05) is 55.0 Å². The maximum atomic E-state index is 9.99. The number of aryl methyl sites for hydroxylation is 1. The van der Waals surface area contributed by atoms with Crippen LogP contribution in [0.25, 0.3) is 0 Å². The van der Waals surface area contributed by atoms with Gasteiger partial charge in [-0.05, 0) is 31.9 Å². The van der Waals surface area contributed by atoms with Crippen LogP contribution in [0.4, 0.5) is 0 Å². The Morgan fingerprint density at radius 2 is 1.70 bits per heavy atom. The Morgan fingerprint density at radius 1 is 1.05 bits per heavy atom. The summed E-state index contributed by atoms with van der Waals surface area (Å²) in [6, 6.07) is 16.5. The fourth-order valence-corrected chi connectivity index (χ4v) is 2.46. The number of rotatable bonds is 5. The molecule has 2 aromatic rings. The maximum Gasteiger partial charge on any atom is 0.120 e. The summed E-state index contributed by atoms with van der Waals surface area (Å²) in [5, 5.41) is 13.6. The molecule has 2 heteroatoms. The molecule has 0 amide bonds. The number of para-hydroxylation sites is 1. The number of aromatic hydroxyl groups is 1. The van der Waals surface area contributed by atoms with Gasteiger partial charge in [-0.15, -0.1) is 0 Å². The van der Waals surface area contributed by atoms with E-state index >= 15 is 0 Å². The molecule has 2 N–H and O–H groups in total. The van der Waals surface area contributed by atoms with Gasteiger partial charge in [0.25, 0.3) is 0 Å². The third-order valence-electron chi connectivity index (χ3n) is 3.75. The first-order valence-corrected chi connectivity index (χ1v) is 7.22. The maximum absolute atomic E-state index is 9.99. The lowest BCUT2D eigenvalue weighted by Gasteiger charge is -2.23. The lowest BCUT2D eigenvalue weighted by molar-refractivity contribution is 0.419. The van der Waals surface area contributed by atoms with E-state index in [0.717, 1.165) is 12.0 Å². The van der Waals surface area contributed by atoms with E-state index in [9.17, 15) is 5.11 Å². The number of hydrogen-bond donors (Lipinski definition) is 2. The summed E-state index contributed by atoms with van der Waals surface area (Å²) >= 11 is 0. The molecule has 0 aliphatic rings. The first-order valence-electron chi connectivity index (χ1n) is 7.22. The van der Waals surface area contributed by atoms with Crippen LogP contribution in [-0.4, -0.2) is 5.11 Å². The van der Waals surface area contributed by atoms with Crippen LogP contribution in [0.3, 0.4) is 0 Å². The Balaban J connectivity index is 2.14. The zero-order chi connectivity index (χ0) is 14.5. The van der Waals surface area contributed by atoms with E-state index in [0.29, 0.717) is 5.75 Å². The van der Waals surface area contributed by atoms with Crippen molar-refractivity contribution in [2.45, 2.75) is 39.3 Å². The quantitative estimate of drug-likeness (QED) is 0.837. The molecule has 2 nitrogen and oxygen atoms in total. The number of phenolic OH excluding ortho intramolecular Hbond substituents is 1. The molecule has 0 aromatic heterocycles. The molecule has 0 aliphatic heterocycles. The third-order valence-corrected chi connectivity index (χ3v) is 3.75. The summed E-state index contributed by atoms with van der Waals surface area (Å²) in [6.07, 6.45) is 0.938. The number of nitrogens with one attached hydrogen (secondary N) is 1. The van der Waals surface area contributed by atoms with E-state index < -0.39 is 0 Å². The van der Waals surface area contributed by atoms with E-state index in [-0.39, 0.29) is 12.1 Å². The van der Waals surface area contributed by atoms with Crippen molar-refractivity contribution >= 4 is 0 Å². The van der Waals surface area contributed by atoms with Crippen LogP contribution in [0.5, 0.6) is 5.75 Å². The van der Waals surface area contributed by atoms with Gasteiger partial charge in [0.05, 0.1) is 0 Å². The van der Waals surface area contributed by atoms with Crippen molar-refractivity contribution < 1.29 is 5.11 Å². The van der Waals surface area contributed by atoms with E-state index in [2.05, 4.69) is 50.4 Å². The summed E-state index contributed by atoms with van der Waals surface area (Å²) in [7, 11) is 0. The molecule has 0 saturated carbocycles. The normalized spacial score (nSPS) is 13.9. The summed E-state index contributed by atoms with van der Waals surface area (Å²) in [4.78, 5) is 0. The minimum Gasteiger partial charge on any atom is -0.508 e. The molecular weight excluding hydrogens is 246 g/mol. The Morgan fingerprint density at radius 3 is 2.30 bits per heavy atom. The molecule has 20 heavy (non-hydrogen) atoms. The van der Waals surface area contributed by atoms with Crippen molar-refractivity contribution in [1.82, 2.24) is 5.32 Å². The Hall–Kier alpha value is -1.80. The summed E-state index contributed by atoms with van der Waals surface area (Å²) in [6.45, 7) is 6.39. The smallest absolute Gasteiger partial charge is 0.120 e. The van der Waals surface area contributed by atoms with Crippen LogP contribution in [0.2, 0.25) is 0 Å². The SMILES string of the molecule is CCC(NC(C)c1ccc(C)cc1)c1ccccc1O. The summed E-state index contributed by atoms with van der Waals surface area (Å²) in [5.41, 5.74) is 3.51. The minimum absolute atomic E-state index is 0.160. The molecular formula is C18H23NO. The third kappa shape index (κ3) is 3.40. The highest BCUT2D eigenvalue weighted by Gasteiger charge is 2.16. The summed E-state index contributed by atoms with van der Waals surface area (Å²) < 4.78 is 0. The topological polar surface area (TPSA) is 32.3 Å². The fraction of sp³-hybridized carbons (Fsp3) is 0.333. The molecule has 2 atom stereocenters. The highest BCUT2D eigenvalue weighted by Crippen LogP contribution is 2.28. The van der Waals surface area contributed by atoms with Gasteiger partial charge in [0.2, 0.25) is 0 Å². The van der Waals surface area contributed by atoms with Crippen molar-refractivity contribution in [2.24, 2.45) is 0 Å². The molecule has 0 saturated heterocycles. The molecule has 0 bridgehead atoms. The molecule has 0 radical (unpaired) electrons. The first kappa shape index (κ1) is 14.6. The molecule has 106 valence electrons. The number of benzene rings is 2. The van der Waals surface area contributed by atoms with Crippen molar-refractivity contribution in [3.8, 4) is 5.75 Å². The van der Waals surface area contributed by atoms with Gasteiger partial charge in [-0.25, -0.2) is 0 Å².